The number of urea groups is 2. The molecule has 0 unspecified atom stereocenters. The van der Waals surface area contributed by atoms with Crippen molar-refractivity contribution in [2.45, 2.75) is 52.4 Å². The Labute approximate surface area is 317 Å². The molecule has 54 heavy (non-hydrogen) atoms. The van der Waals surface area contributed by atoms with Crippen LogP contribution in [0.4, 0.5) is 32.3 Å². The van der Waals surface area contributed by atoms with Crippen LogP contribution in [0.5, 0.6) is 11.5 Å². The minimum atomic E-state index is -0.398. The van der Waals surface area contributed by atoms with Crippen molar-refractivity contribution in [3.05, 3.63) is 137 Å². The van der Waals surface area contributed by atoms with Crippen molar-refractivity contribution in [1.82, 2.24) is 4.98 Å². The maximum absolute atomic E-state index is 13.0. The van der Waals surface area contributed by atoms with Gasteiger partial charge in [0.2, 0.25) is 0 Å². The van der Waals surface area contributed by atoms with Gasteiger partial charge in [-0.15, -0.1) is 0 Å². The Morgan fingerprint density at radius 1 is 0.519 bits per heavy atom. The van der Waals surface area contributed by atoms with E-state index in [2.05, 4.69) is 86.5 Å². The fourth-order valence-corrected chi connectivity index (χ4v) is 5.20. The van der Waals surface area contributed by atoms with Crippen LogP contribution >= 0.6 is 0 Å². The highest BCUT2D eigenvalue weighted by atomic mass is 16.5. The number of anilines is 4. The van der Waals surface area contributed by atoms with E-state index in [1.54, 1.807) is 62.8 Å². The van der Waals surface area contributed by atoms with Gasteiger partial charge in [-0.05, 0) is 119 Å². The average molecular weight is 720 g/mol. The highest BCUT2D eigenvalue weighted by Crippen LogP contribution is 2.28. The number of nitrogens with zero attached hydrogens (tertiary/aromatic N) is 1. The fraction of sp³-hybridized carbons (Fsp3) is 0.222. The zero-order valence-electron chi connectivity index (χ0n) is 31.9. The quantitative estimate of drug-likeness (QED) is 0.131. The van der Waals surface area contributed by atoms with E-state index in [4.69, 9.17) is 14.5 Å². The van der Waals surface area contributed by atoms with Gasteiger partial charge in [-0.2, -0.15) is 0 Å². The third kappa shape index (κ3) is 10.7. The minimum Gasteiger partial charge on any atom is -0.497 e. The number of rotatable bonds is 6. The first-order valence-corrected chi connectivity index (χ1v) is 17.4. The lowest BCUT2D eigenvalue weighted by atomic mass is 9.86. The Morgan fingerprint density at radius 3 is 1.26 bits per heavy atom. The molecule has 9 heteroatoms. The number of ether oxygens (including phenoxy) is 2. The van der Waals surface area contributed by atoms with E-state index in [-0.39, 0.29) is 10.8 Å². The van der Waals surface area contributed by atoms with Gasteiger partial charge in [0, 0.05) is 22.5 Å². The van der Waals surface area contributed by atoms with Crippen molar-refractivity contribution in [2.75, 3.05) is 35.5 Å². The van der Waals surface area contributed by atoms with Gasteiger partial charge in [0.1, 0.15) is 22.9 Å². The predicted molar refractivity (Wildman–Crippen MR) is 218 cm³/mol. The molecule has 4 amide bonds. The maximum Gasteiger partial charge on any atom is 0.323 e. The lowest BCUT2D eigenvalue weighted by Crippen LogP contribution is -2.20. The first-order valence-electron chi connectivity index (χ1n) is 17.4. The molecule has 5 rings (SSSR count). The second-order valence-electron chi connectivity index (χ2n) is 14.5. The molecular formula is C45H45N5O4. The average Bonchev–Trinajstić information content (AvgIpc) is 3.14. The molecule has 0 fully saturated rings. The van der Waals surface area contributed by atoms with Gasteiger partial charge in [0.25, 0.3) is 0 Å². The van der Waals surface area contributed by atoms with E-state index in [9.17, 15) is 9.59 Å². The normalized spacial score (nSPS) is 10.8. The van der Waals surface area contributed by atoms with Crippen LogP contribution in [-0.2, 0) is 10.8 Å². The van der Waals surface area contributed by atoms with E-state index >= 15 is 0 Å². The van der Waals surface area contributed by atoms with Crippen LogP contribution in [0.1, 0.15) is 75.2 Å². The number of amides is 4. The Bertz CT molecular complexity index is 2100. The van der Waals surface area contributed by atoms with Gasteiger partial charge in [-0.1, -0.05) is 71.6 Å². The first kappa shape index (κ1) is 38.5. The standard InChI is InChI=1S/C45H45N5O4/c1-44(2,3)32-14-26-40(49-42(51)47-36-18-22-38(53-7)23-19-36)30(28-32)12-16-34-10-9-11-35(46-34)17-13-31-29-33(45(4,5)6)15-27-41(31)50-43(52)48-37-20-24-39(54-8)25-21-37/h9-11,14-15,18-29H,1-8H3,(H2,47,49,51)(H2,48,50,52). The van der Waals surface area contributed by atoms with Gasteiger partial charge in [-0.3, -0.25) is 0 Å². The molecule has 0 radical (unpaired) electrons. The number of hydrogen-bond donors (Lipinski definition) is 4. The summed E-state index contributed by atoms with van der Waals surface area (Å²) in [5.74, 6) is 14.2. The molecule has 0 aliphatic rings. The molecule has 0 saturated carbocycles. The summed E-state index contributed by atoms with van der Waals surface area (Å²) < 4.78 is 10.4. The summed E-state index contributed by atoms with van der Waals surface area (Å²) >= 11 is 0. The highest BCUT2D eigenvalue weighted by Gasteiger charge is 2.18. The number of carbonyl (C=O) groups is 2. The van der Waals surface area contributed by atoms with E-state index in [1.807, 2.05) is 54.6 Å². The number of hydrogen-bond acceptors (Lipinski definition) is 5. The van der Waals surface area contributed by atoms with E-state index < -0.39 is 12.1 Å². The minimum absolute atomic E-state index is 0.136. The van der Waals surface area contributed by atoms with Crippen LogP contribution in [0.15, 0.2) is 103 Å². The molecule has 4 N–H and O–H groups in total. The molecule has 0 bridgehead atoms. The smallest absolute Gasteiger partial charge is 0.323 e. The Balaban J connectivity index is 1.40. The summed E-state index contributed by atoms with van der Waals surface area (Å²) in [7, 11) is 3.18. The van der Waals surface area contributed by atoms with Crippen LogP contribution in [0.25, 0.3) is 0 Å². The third-order valence-corrected chi connectivity index (χ3v) is 8.36. The Morgan fingerprint density at radius 2 is 0.907 bits per heavy atom. The lowest BCUT2D eigenvalue weighted by molar-refractivity contribution is 0.261. The number of nitrogens with one attached hydrogen (secondary N) is 4. The monoisotopic (exact) mass is 719 g/mol. The molecule has 0 aliphatic carbocycles. The van der Waals surface area contributed by atoms with Gasteiger partial charge >= 0.3 is 12.1 Å². The number of benzene rings is 4. The SMILES string of the molecule is COc1ccc(NC(=O)Nc2ccc(C(C)(C)C)cc2C#Cc2cccc(C#Cc3cc(C(C)(C)C)ccc3NC(=O)Nc3ccc(OC)cc3)n2)cc1. The lowest BCUT2D eigenvalue weighted by Gasteiger charge is -2.20. The number of methoxy groups -OCH3 is 2. The molecule has 0 spiro atoms. The molecule has 0 aliphatic heterocycles. The summed E-state index contributed by atoms with van der Waals surface area (Å²) in [6.07, 6.45) is 0. The number of pyridine rings is 1. The molecule has 4 aromatic carbocycles. The Kier molecular flexibility index (Phi) is 11.9. The second-order valence-corrected chi connectivity index (χ2v) is 14.5. The molecule has 9 nitrogen and oxygen atoms in total. The van der Waals surface area contributed by atoms with Crippen molar-refractivity contribution in [3.8, 4) is 35.2 Å². The number of aromatic nitrogens is 1. The van der Waals surface area contributed by atoms with Crippen LogP contribution < -0.4 is 30.7 Å². The molecular weight excluding hydrogens is 675 g/mol. The third-order valence-electron chi connectivity index (χ3n) is 8.36. The van der Waals surface area contributed by atoms with Gasteiger partial charge in [0.15, 0.2) is 0 Å². The molecule has 5 aromatic rings. The maximum atomic E-state index is 13.0. The van der Waals surface area contributed by atoms with Gasteiger partial charge in [0.05, 0.1) is 25.6 Å². The van der Waals surface area contributed by atoms with Crippen LogP contribution in [0.2, 0.25) is 0 Å². The first-order chi connectivity index (χ1) is 25.7. The Hall–Kier alpha value is -6.71. The summed E-state index contributed by atoms with van der Waals surface area (Å²) in [6, 6.07) is 30.5. The molecule has 0 atom stereocenters. The van der Waals surface area contributed by atoms with Gasteiger partial charge < -0.3 is 30.7 Å². The molecule has 0 saturated heterocycles. The topological polar surface area (TPSA) is 114 Å². The summed E-state index contributed by atoms with van der Waals surface area (Å²) in [6.45, 7) is 12.7. The highest BCUT2D eigenvalue weighted by molar-refractivity contribution is 6.01. The molecule has 274 valence electrons. The van der Waals surface area contributed by atoms with E-state index in [0.29, 0.717) is 56.8 Å². The van der Waals surface area contributed by atoms with Crippen LogP contribution in [0, 0.1) is 23.7 Å². The van der Waals surface area contributed by atoms with Crippen molar-refractivity contribution in [1.29, 1.82) is 0 Å². The van der Waals surface area contributed by atoms with E-state index in [0.717, 1.165) is 11.1 Å². The molecule has 1 aromatic heterocycles. The summed E-state index contributed by atoms with van der Waals surface area (Å²) in [5, 5.41) is 11.6. The fourth-order valence-electron chi connectivity index (χ4n) is 5.20. The largest absolute Gasteiger partial charge is 0.497 e. The van der Waals surface area contributed by atoms with Crippen molar-refractivity contribution in [3.63, 3.8) is 0 Å². The van der Waals surface area contributed by atoms with Crippen molar-refractivity contribution in [2.24, 2.45) is 0 Å². The predicted octanol–water partition coefficient (Wildman–Crippen LogP) is 9.78. The zero-order valence-corrected chi connectivity index (χ0v) is 31.9. The number of carbonyl (C=O) groups excluding carboxylic acids is 2. The summed E-state index contributed by atoms with van der Waals surface area (Å²) in [5.41, 5.74) is 6.55. The van der Waals surface area contributed by atoms with Crippen LogP contribution in [-0.4, -0.2) is 31.3 Å². The van der Waals surface area contributed by atoms with Crippen molar-refractivity contribution >= 4 is 34.8 Å². The molecule has 1 heterocycles. The summed E-state index contributed by atoms with van der Waals surface area (Å²) in [4.78, 5) is 30.7. The van der Waals surface area contributed by atoms with E-state index in [1.165, 1.54) is 0 Å². The zero-order chi connectivity index (χ0) is 38.9. The van der Waals surface area contributed by atoms with Crippen LogP contribution in [0.3, 0.4) is 0 Å². The van der Waals surface area contributed by atoms with Crippen molar-refractivity contribution < 1.29 is 19.1 Å². The van der Waals surface area contributed by atoms with Gasteiger partial charge in [-0.25, -0.2) is 14.6 Å². The second kappa shape index (κ2) is 16.8.